The fourth-order valence-electron chi connectivity index (χ4n) is 6.52. The number of aliphatic hydroxyl groups excluding tert-OH is 2. The van der Waals surface area contributed by atoms with Gasteiger partial charge < -0.3 is 48.1 Å². The predicted molar refractivity (Wildman–Crippen MR) is 207 cm³/mol. The monoisotopic (exact) mass is 824 g/mol. The Morgan fingerprint density at radius 1 is 0.407 bits per heavy atom. The Balaban J connectivity index is 1.33. The Kier molecular flexibility index (Phi) is 15.2. The first-order chi connectivity index (χ1) is 28.1. The molecule has 0 bridgehead atoms. The molecule has 0 aliphatic carbocycles. The second-order valence-electron chi connectivity index (χ2n) is 14.0. The van der Waals surface area contributed by atoms with Crippen molar-refractivity contribution < 1.29 is 76.9 Å². The number of cyclic esters (lactones) is 6. The van der Waals surface area contributed by atoms with Gasteiger partial charge in [-0.25, -0.2) is 28.8 Å². The lowest BCUT2D eigenvalue weighted by Gasteiger charge is -2.37. The molecule has 4 heterocycles. The zero-order valence-electron chi connectivity index (χ0n) is 34.2. The van der Waals surface area contributed by atoms with Crippen LogP contribution in [0.25, 0.3) is 0 Å². The number of hydrogen-bond acceptors (Lipinski definition) is 16. The van der Waals surface area contributed by atoms with Crippen molar-refractivity contribution >= 4 is 35.8 Å². The fraction of sp³-hybridized carbons (Fsp3) is 0.488. The van der Waals surface area contributed by atoms with Crippen LogP contribution >= 0.6 is 0 Å². The molecule has 2 saturated heterocycles. The number of carbonyl (C=O) groups excluding carboxylic acids is 6. The third-order valence-corrected chi connectivity index (χ3v) is 10.2. The third kappa shape index (κ3) is 10.7. The molecule has 0 aromatic rings. The zero-order valence-corrected chi connectivity index (χ0v) is 34.2. The number of esters is 6. The van der Waals surface area contributed by atoms with E-state index in [-0.39, 0.29) is 48.0 Å². The van der Waals surface area contributed by atoms with Gasteiger partial charge >= 0.3 is 35.8 Å². The van der Waals surface area contributed by atoms with Crippen LogP contribution in [-0.2, 0) is 66.7 Å². The molecule has 0 saturated carbocycles. The van der Waals surface area contributed by atoms with Crippen molar-refractivity contribution in [1.82, 2.24) is 0 Å². The van der Waals surface area contributed by atoms with Crippen LogP contribution in [0, 0.1) is 0 Å². The van der Waals surface area contributed by atoms with Gasteiger partial charge in [0.05, 0.1) is 0 Å². The standard InChI is InChI=1S/C43H52O16/c1-7-25-43(58-38(50)31(39(51)59-43)24-18-14-16-22-29-34(46)54-41(10-4,11-5)55-35(29)47)27-20-19-26-42(12-6)56-36(48)30(37(49)57-42)23-17-13-15-21-28-32(44)52-40(8-2,9-3)53-33(28)45/h13-18,21-24,48,50H,7-12,19-20,25-27H2,1-6H3/b15-13+,16-14+,23-17+,24-18+. The Morgan fingerprint density at radius 2 is 0.746 bits per heavy atom. The summed E-state index contributed by atoms with van der Waals surface area (Å²) < 4.78 is 44.1. The number of rotatable bonds is 18. The molecule has 0 aromatic carbocycles. The number of carbonyl (C=O) groups is 6. The van der Waals surface area contributed by atoms with E-state index < -0.39 is 70.9 Å². The molecular weight excluding hydrogens is 772 g/mol. The molecule has 16 nitrogen and oxygen atoms in total. The smallest absolute Gasteiger partial charge is 0.348 e. The molecule has 16 heteroatoms. The first kappa shape index (κ1) is 45.6. The lowest BCUT2D eigenvalue weighted by molar-refractivity contribution is -0.249. The Labute approximate surface area is 342 Å². The van der Waals surface area contributed by atoms with Gasteiger partial charge in [-0.1, -0.05) is 78.0 Å². The number of ether oxygens (including phenoxy) is 8. The highest BCUT2D eigenvalue weighted by Gasteiger charge is 2.46. The number of unbranched alkanes of at least 4 members (excludes halogenated alkanes) is 1. The third-order valence-electron chi connectivity index (χ3n) is 10.2. The second kappa shape index (κ2) is 19.6. The van der Waals surface area contributed by atoms with Gasteiger partial charge in [0.15, 0.2) is 0 Å². The maximum absolute atomic E-state index is 13.1. The zero-order chi connectivity index (χ0) is 43.4. The summed E-state index contributed by atoms with van der Waals surface area (Å²) in [5.74, 6) is -11.7. The van der Waals surface area contributed by atoms with Gasteiger partial charge in [0.1, 0.15) is 22.3 Å². The molecule has 4 aliphatic heterocycles. The summed E-state index contributed by atoms with van der Waals surface area (Å²) in [4.78, 5) is 75.6. The molecule has 2 atom stereocenters. The summed E-state index contributed by atoms with van der Waals surface area (Å²) in [7, 11) is 0. The summed E-state index contributed by atoms with van der Waals surface area (Å²) in [6.45, 7) is 10.5. The lowest BCUT2D eigenvalue weighted by Crippen LogP contribution is -2.45. The van der Waals surface area contributed by atoms with E-state index in [4.69, 9.17) is 37.9 Å². The van der Waals surface area contributed by atoms with Crippen LogP contribution in [0.15, 0.2) is 94.9 Å². The number of aliphatic hydroxyl groups is 2. The average molecular weight is 825 g/mol. The van der Waals surface area contributed by atoms with Crippen molar-refractivity contribution in [2.75, 3.05) is 0 Å². The molecule has 2 fully saturated rings. The molecule has 4 aliphatic rings. The molecule has 0 radical (unpaired) electrons. The minimum atomic E-state index is -1.48. The molecule has 0 amide bonds. The van der Waals surface area contributed by atoms with Crippen LogP contribution in [-0.4, -0.2) is 69.2 Å². The van der Waals surface area contributed by atoms with E-state index in [1.54, 1.807) is 34.6 Å². The molecular formula is C43H52O16. The minimum Gasteiger partial charge on any atom is -0.480 e. The van der Waals surface area contributed by atoms with E-state index in [0.29, 0.717) is 44.9 Å². The van der Waals surface area contributed by atoms with Crippen LogP contribution in [0.3, 0.4) is 0 Å². The summed E-state index contributed by atoms with van der Waals surface area (Å²) in [5.41, 5.74) is -1.09. The van der Waals surface area contributed by atoms with Gasteiger partial charge in [0, 0.05) is 51.4 Å². The highest BCUT2D eigenvalue weighted by molar-refractivity contribution is 6.16. The van der Waals surface area contributed by atoms with Crippen molar-refractivity contribution in [3.63, 3.8) is 0 Å². The molecule has 320 valence electrons. The fourth-order valence-corrected chi connectivity index (χ4v) is 6.52. The van der Waals surface area contributed by atoms with Gasteiger partial charge in [-0.2, -0.15) is 0 Å². The van der Waals surface area contributed by atoms with Crippen molar-refractivity contribution in [2.45, 2.75) is 135 Å². The van der Waals surface area contributed by atoms with E-state index >= 15 is 0 Å². The Bertz CT molecular complexity index is 1870. The topological polar surface area (TPSA) is 217 Å². The molecule has 2 N–H and O–H groups in total. The Hall–Kier alpha value is -6.06. The normalized spacial score (nSPS) is 24.5. The quantitative estimate of drug-likeness (QED) is 0.0350. The minimum absolute atomic E-state index is 0.162. The highest BCUT2D eigenvalue weighted by atomic mass is 16.8. The Morgan fingerprint density at radius 3 is 1.10 bits per heavy atom. The van der Waals surface area contributed by atoms with Crippen molar-refractivity contribution in [3.05, 3.63) is 94.9 Å². The van der Waals surface area contributed by atoms with Gasteiger partial charge in [-0.05, 0) is 43.6 Å². The highest BCUT2D eigenvalue weighted by Crippen LogP contribution is 2.38. The predicted octanol–water partition coefficient (Wildman–Crippen LogP) is 7.15. The van der Waals surface area contributed by atoms with Crippen LogP contribution in [0.1, 0.15) is 112 Å². The SMILES string of the molecule is CCCC1(CCCCC2(CC)OC(=O)C(/C=C/C=C/C=C3C(=O)OC(CC)(CC)OC3=O)=C(O)O2)OC(=O)C(/C=C/C=C/C=C2C(=O)OC(CC)(CC)OC2=O)=C(O)O1. The first-order valence-corrected chi connectivity index (χ1v) is 19.8. The number of allylic oxidation sites excluding steroid dienone is 8. The van der Waals surface area contributed by atoms with Crippen LogP contribution in [0.4, 0.5) is 0 Å². The van der Waals surface area contributed by atoms with Crippen LogP contribution in [0.5, 0.6) is 0 Å². The molecule has 4 rings (SSSR count). The van der Waals surface area contributed by atoms with Crippen LogP contribution in [0.2, 0.25) is 0 Å². The number of hydrogen-bond donors (Lipinski definition) is 2. The average Bonchev–Trinajstić information content (AvgIpc) is 3.19. The molecule has 2 unspecified atom stereocenters. The molecule has 59 heavy (non-hydrogen) atoms. The van der Waals surface area contributed by atoms with Crippen molar-refractivity contribution in [2.24, 2.45) is 0 Å². The summed E-state index contributed by atoms with van der Waals surface area (Å²) in [6, 6.07) is 0. The van der Waals surface area contributed by atoms with Gasteiger partial charge in [0.2, 0.25) is 0 Å². The maximum atomic E-state index is 13.1. The molecule has 0 aromatic heterocycles. The van der Waals surface area contributed by atoms with Crippen LogP contribution < -0.4 is 0 Å². The summed E-state index contributed by atoms with van der Waals surface area (Å²) in [5, 5.41) is 21.4. The second-order valence-corrected chi connectivity index (χ2v) is 14.0. The van der Waals surface area contributed by atoms with E-state index in [0.717, 1.165) is 0 Å². The molecule has 0 spiro atoms. The van der Waals surface area contributed by atoms with Gasteiger partial charge in [-0.15, -0.1) is 0 Å². The van der Waals surface area contributed by atoms with E-state index in [9.17, 15) is 39.0 Å². The van der Waals surface area contributed by atoms with Gasteiger partial charge in [0.25, 0.3) is 35.0 Å². The van der Waals surface area contributed by atoms with E-state index in [1.807, 2.05) is 6.92 Å². The largest absolute Gasteiger partial charge is 0.480 e. The lowest BCUT2D eigenvalue weighted by atomic mass is 9.98. The van der Waals surface area contributed by atoms with E-state index in [1.165, 1.54) is 60.8 Å². The summed E-state index contributed by atoms with van der Waals surface area (Å²) in [6.07, 6.45) is 16.6. The first-order valence-electron chi connectivity index (χ1n) is 19.8. The van der Waals surface area contributed by atoms with Gasteiger partial charge in [-0.3, -0.25) is 0 Å². The summed E-state index contributed by atoms with van der Waals surface area (Å²) >= 11 is 0. The van der Waals surface area contributed by atoms with Crippen molar-refractivity contribution in [1.29, 1.82) is 0 Å². The maximum Gasteiger partial charge on any atom is 0.348 e. The van der Waals surface area contributed by atoms with Crippen molar-refractivity contribution in [3.8, 4) is 0 Å². The van der Waals surface area contributed by atoms with E-state index in [2.05, 4.69) is 0 Å².